The van der Waals surface area contributed by atoms with Crippen LogP contribution in [0.2, 0.25) is 0 Å². The van der Waals surface area contributed by atoms with Crippen LogP contribution in [0.4, 0.5) is 13.2 Å². The number of hydrogen-bond acceptors (Lipinski definition) is 7. The molecule has 1 aliphatic heterocycles. The third kappa shape index (κ3) is 5.12. The van der Waals surface area contributed by atoms with Crippen LogP contribution in [-0.4, -0.2) is 69.7 Å². The molecule has 1 aromatic rings. The molecule has 1 aliphatic carbocycles. The van der Waals surface area contributed by atoms with Crippen molar-refractivity contribution in [3.8, 4) is 5.75 Å². The molecule has 1 heterocycles. The number of ether oxygens (including phenoxy) is 2. The molecule has 1 amide bonds. The minimum atomic E-state index is -1.97. The fraction of sp³-hybridized carbons (Fsp3) is 0.650. The number of halogens is 3. The van der Waals surface area contributed by atoms with Crippen molar-refractivity contribution in [3.63, 3.8) is 0 Å². The maximum atomic E-state index is 14.9. The Hall–Kier alpha value is -1.92. The summed E-state index contributed by atoms with van der Waals surface area (Å²) in [5.74, 6) is -7.10. The van der Waals surface area contributed by atoms with Gasteiger partial charge in [-0.15, -0.1) is 0 Å². The van der Waals surface area contributed by atoms with E-state index in [2.05, 4.69) is 5.32 Å². The molecule has 3 rings (SSSR count). The number of aliphatic hydroxyl groups is 4. The van der Waals surface area contributed by atoms with Crippen molar-refractivity contribution in [2.24, 2.45) is 0 Å². The molecule has 11 heteroatoms. The van der Waals surface area contributed by atoms with E-state index in [1.54, 1.807) is 0 Å². The molecule has 0 bridgehead atoms. The Labute approximate surface area is 176 Å². The lowest BCUT2D eigenvalue weighted by molar-refractivity contribution is -0.278. The summed E-state index contributed by atoms with van der Waals surface area (Å²) < 4.78 is 53.3. The Bertz CT molecular complexity index is 787. The molecule has 2 aliphatic rings. The molecule has 2 fully saturated rings. The largest absolute Gasteiger partial charge is 0.456 e. The summed E-state index contributed by atoms with van der Waals surface area (Å²) in [7, 11) is 0. The van der Waals surface area contributed by atoms with Gasteiger partial charge in [0.2, 0.25) is 12.1 Å². The highest BCUT2D eigenvalue weighted by Crippen LogP contribution is 2.31. The van der Waals surface area contributed by atoms with Crippen molar-refractivity contribution >= 4 is 5.91 Å². The van der Waals surface area contributed by atoms with Gasteiger partial charge in [-0.05, 0) is 18.9 Å². The maximum Gasteiger partial charge on any atom is 0.254 e. The molecule has 31 heavy (non-hydrogen) atoms. The van der Waals surface area contributed by atoms with Crippen LogP contribution in [-0.2, 0) is 4.74 Å². The Morgan fingerprint density at radius 3 is 2.29 bits per heavy atom. The van der Waals surface area contributed by atoms with E-state index in [0.29, 0.717) is 18.9 Å². The summed E-state index contributed by atoms with van der Waals surface area (Å²) in [4.78, 5) is 12.5. The van der Waals surface area contributed by atoms with E-state index in [1.165, 1.54) is 0 Å². The molecule has 5 atom stereocenters. The maximum absolute atomic E-state index is 14.9. The zero-order chi connectivity index (χ0) is 22.7. The van der Waals surface area contributed by atoms with E-state index in [9.17, 15) is 38.4 Å². The van der Waals surface area contributed by atoms with E-state index in [0.717, 1.165) is 25.7 Å². The SMILES string of the molecule is O=C(NC1CCCCCC1)c1cc(F)c(F)c(OC2OC(CO)C(O)C(O)C2O)c1F. The monoisotopic (exact) mass is 449 g/mol. The highest BCUT2D eigenvalue weighted by Gasteiger charge is 2.45. The van der Waals surface area contributed by atoms with Crippen LogP contribution in [0.1, 0.15) is 48.9 Å². The Balaban J connectivity index is 1.84. The van der Waals surface area contributed by atoms with Gasteiger partial charge in [0.05, 0.1) is 12.2 Å². The second-order valence-corrected chi connectivity index (χ2v) is 7.84. The summed E-state index contributed by atoms with van der Waals surface area (Å²) in [6, 6.07) is 0.189. The van der Waals surface area contributed by atoms with E-state index >= 15 is 0 Å². The Morgan fingerprint density at radius 1 is 1.03 bits per heavy atom. The zero-order valence-corrected chi connectivity index (χ0v) is 16.6. The first kappa shape index (κ1) is 23.7. The highest BCUT2D eigenvalue weighted by atomic mass is 19.2. The van der Waals surface area contributed by atoms with Crippen molar-refractivity contribution in [1.29, 1.82) is 0 Å². The first-order chi connectivity index (χ1) is 14.7. The predicted molar refractivity (Wildman–Crippen MR) is 99.7 cm³/mol. The smallest absolute Gasteiger partial charge is 0.254 e. The molecule has 8 nitrogen and oxygen atoms in total. The van der Waals surface area contributed by atoms with Gasteiger partial charge in [0.1, 0.15) is 24.4 Å². The molecule has 1 aromatic carbocycles. The van der Waals surface area contributed by atoms with Crippen molar-refractivity contribution in [1.82, 2.24) is 5.32 Å². The summed E-state index contributed by atoms with van der Waals surface area (Å²) >= 11 is 0. The van der Waals surface area contributed by atoms with Gasteiger partial charge in [0.15, 0.2) is 17.4 Å². The van der Waals surface area contributed by atoms with Crippen molar-refractivity contribution in [2.75, 3.05) is 6.61 Å². The van der Waals surface area contributed by atoms with Gasteiger partial charge in [-0.3, -0.25) is 4.79 Å². The summed E-state index contributed by atoms with van der Waals surface area (Å²) in [6.07, 6.45) is -3.73. The minimum absolute atomic E-state index is 0.225. The number of hydrogen-bond donors (Lipinski definition) is 5. The van der Waals surface area contributed by atoms with E-state index in [1.807, 2.05) is 0 Å². The topological polar surface area (TPSA) is 128 Å². The fourth-order valence-corrected chi connectivity index (χ4v) is 3.82. The van der Waals surface area contributed by atoms with Crippen molar-refractivity contribution in [3.05, 3.63) is 29.1 Å². The molecule has 5 unspecified atom stereocenters. The molecule has 1 saturated heterocycles. The average molecular weight is 449 g/mol. The molecule has 0 radical (unpaired) electrons. The molecule has 5 N–H and O–H groups in total. The Morgan fingerprint density at radius 2 is 1.68 bits per heavy atom. The van der Waals surface area contributed by atoms with Crippen molar-refractivity contribution in [2.45, 2.75) is 75.3 Å². The second kappa shape index (κ2) is 10.1. The molecular formula is C20H26F3NO7. The number of aliphatic hydroxyl groups excluding tert-OH is 4. The first-order valence-electron chi connectivity index (χ1n) is 10.2. The second-order valence-electron chi connectivity index (χ2n) is 7.84. The molecule has 0 spiro atoms. The van der Waals surface area contributed by atoms with Gasteiger partial charge in [0.25, 0.3) is 5.91 Å². The number of rotatable bonds is 5. The fourth-order valence-electron chi connectivity index (χ4n) is 3.82. The number of carbonyl (C=O) groups is 1. The normalized spacial score (nSPS) is 30.0. The van der Waals surface area contributed by atoms with Crippen LogP contribution in [0, 0.1) is 17.5 Å². The zero-order valence-electron chi connectivity index (χ0n) is 16.6. The van der Waals surface area contributed by atoms with E-state index in [-0.39, 0.29) is 6.04 Å². The quantitative estimate of drug-likeness (QED) is 0.331. The molecule has 174 valence electrons. The average Bonchev–Trinajstić information content (AvgIpc) is 3.02. The number of benzene rings is 1. The lowest BCUT2D eigenvalue weighted by atomic mass is 9.99. The van der Waals surface area contributed by atoms with Gasteiger partial charge >= 0.3 is 0 Å². The number of carbonyl (C=O) groups excluding carboxylic acids is 1. The Kier molecular flexibility index (Phi) is 7.76. The van der Waals surface area contributed by atoms with Crippen LogP contribution in [0.25, 0.3) is 0 Å². The predicted octanol–water partition coefficient (Wildman–Crippen LogP) is 0.735. The highest BCUT2D eigenvalue weighted by molar-refractivity contribution is 5.95. The van der Waals surface area contributed by atoms with E-state index < -0.39 is 72.0 Å². The van der Waals surface area contributed by atoms with Crippen LogP contribution in [0.3, 0.4) is 0 Å². The standard InChI is InChI=1S/C20H26F3NO7/c21-11-7-10(19(29)24-9-5-3-1-2-4-6-9)13(22)18(14(11)23)31-20-17(28)16(27)15(26)12(8-25)30-20/h7,9,12,15-17,20,25-28H,1-6,8H2,(H,24,29). The van der Waals surface area contributed by atoms with Gasteiger partial charge in [-0.1, -0.05) is 25.7 Å². The van der Waals surface area contributed by atoms with Crippen molar-refractivity contribution < 1.29 is 47.9 Å². The van der Waals surface area contributed by atoms with Crippen LogP contribution in [0.15, 0.2) is 6.07 Å². The van der Waals surface area contributed by atoms with Gasteiger partial charge in [-0.2, -0.15) is 4.39 Å². The van der Waals surface area contributed by atoms with E-state index in [4.69, 9.17) is 9.47 Å². The number of amides is 1. The van der Waals surface area contributed by atoms with Crippen LogP contribution in [0.5, 0.6) is 5.75 Å². The molecule has 0 aromatic heterocycles. The lowest BCUT2D eigenvalue weighted by Gasteiger charge is -2.39. The minimum Gasteiger partial charge on any atom is -0.456 e. The van der Waals surface area contributed by atoms with Gasteiger partial charge in [0, 0.05) is 6.04 Å². The summed E-state index contributed by atoms with van der Waals surface area (Å²) in [5, 5.41) is 41.4. The van der Waals surface area contributed by atoms with Crippen LogP contribution >= 0.6 is 0 Å². The van der Waals surface area contributed by atoms with Gasteiger partial charge in [-0.25, -0.2) is 8.78 Å². The molecule has 1 saturated carbocycles. The molecular weight excluding hydrogens is 423 g/mol. The summed E-state index contributed by atoms with van der Waals surface area (Å²) in [5.41, 5.74) is -0.789. The lowest BCUT2D eigenvalue weighted by Crippen LogP contribution is -2.60. The third-order valence-corrected chi connectivity index (χ3v) is 5.63. The first-order valence-corrected chi connectivity index (χ1v) is 10.2. The summed E-state index contributed by atoms with van der Waals surface area (Å²) in [6.45, 7) is -0.798. The third-order valence-electron chi connectivity index (χ3n) is 5.63. The van der Waals surface area contributed by atoms with Crippen LogP contribution < -0.4 is 10.1 Å². The van der Waals surface area contributed by atoms with Gasteiger partial charge < -0.3 is 35.2 Å². The number of nitrogens with one attached hydrogen (secondary N) is 1.